The molecule has 9 aromatic carbocycles. The lowest BCUT2D eigenvalue weighted by molar-refractivity contribution is 0.195. The molecule has 2 atom stereocenters. The third kappa shape index (κ3) is 7.14. The molecule has 2 aliphatic carbocycles. The van der Waals surface area contributed by atoms with Crippen LogP contribution in [0.15, 0.2) is 176 Å². The summed E-state index contributed by atoms with van der Waals surface area (Å²) in [5.74, 6) is 0. The molecule has 1 aromatic heterocycles. The van der Waals surface area contributed by atoms with Crippen molar-refractivity contribution < 1.29 is 0 Å². The van der Waals surface area contributed by atoms with E-state index in [1.165, 1.54) is 157 Å². The third-order valence-electron chi connectivity index (χ3n) is 21.0. The van der Waals surface area contributed by atoms with Crippen molar-refractivity contribution in [2.75, 3.05) is 14.7 Å². The zero-order valence-corrected chi connectivity index (χ0v) is 51.2. The minimum absolute atomic E-state index is 0.00512. The minimum Gasteiger partial charge on any atom is -0.334 e. The highest BCUT2D eigenvalue weighted by Gasteiger charge is 2.58. The second-order valence-electron chi connectivity index (χ2n) is 28.6. The van der Waals surface area contributed by atoms with Crippen LogP contribution in [0.4, 0.5) is 45.5 Å². The number of anilines is 8. The second-order valence-corrected chi connectivity index (χ2v) is 29.7. The zero-order chi connectivity index (χ0) is 56.8. The van der Waals surface area contributed by atoms with Crippen molar-refractivity contribution in [2.45, 2.75) is 148 Å². The molecule has 5 aliphatic rings. The average molecular weight is 1090 g/mol. The maximum atomic E-state index is 2.81. The van der Waals surface area contributed by atoms with Crippen LogP contribution < -0.4 is 31.1 Å². The van der Waals surface area contributed by atoms with Crippen LogP contribution in [0.1, 0.15) is 153 Å². The standard InChI is InChI=1S/C77H76BN3S/c1-47-39-67-71-68(40-47)80(63-34-29-49(72(2,3)4)41-54(63)48-23-15-14-16-24-48)66-46-59-58(74(8,9)56-26-18-19-27-57(56)75(59,10)11)45-62(66)78(71)61-33-31-52(44-65(61)79(67)51-32-36-70-55(43-51)53-25-17-20-28-69(53)82-70)81-64-35-30-50(73(5,6)7)42-60(64)76(12)37-21-22-38-77(76,81)13/h14-20,23-36,39-46H,21-22,37-38H2,1-13H3. The molecule has 15 rings (SSSR count). The van der Waals surface area contributed by atoms with Gasteiger partial charge in [0.15, 0.2) is 0 Å². The molecule has 0 radical (unpaired) electrons. The lowest BCUT2D eigenvalue weighted by atomic mass is 9.33. The maximum Gasteiger partial charge on any atom is 0.252 e. The van der Waals surface area contributed by atoms with E-state index in [-0.39, 0.29) is 39.3 Å². The van der Waals surface area contributed by atoms with E-state index in [0.29, 0.717) is 0 Å². The Balaban J connectivity index is 1.05. The van der Waals surface area contributed by atoms with E-state index in [0.717, 1.165) is 6.42 Å². The van der Waals surface area contributed by atoms with E-state index in [1.807, 2.05) is 11.3 Å². The number of hydrogen-bond acceptors (Lipinski definition) is 4. The fraction of sp³-hybridized carbons (Fsp3) is 0.299. The molecule has 3 aliphatic heterocycles. The number of thiophene rings is 1. The van der Waals surface area contributed by atoms with Gasteiger partial charge in [-0.2, -0.15) is 0 Å². The predicted octanol–water partition coefficient (Wildman–Crippen LogP) is 19.4. The van der Waals surface area contributed by atoms with E-state index in [2.05, 4.69) is 281 Å². The quantitative estimate of drug-likeness (QED) is 0.163. The Hall–Kier alpha value is -7.34. The summed E-state index contributed by atoms with van der Waals surface area (Å²) in [6.07, 6.45) is 4.81. The molecule has 0 amide bonds. The van der Waals surface area contributed by atoms with Gasteiger partial charge in [0.05, 0.1) is 11.2 Å². The largest absolute Gasteiger partial charge is 0.334 e. The van der Waals surface area contributed by atoms with Gasteiger partial charge in [-0.05, 0) is 177 Å². The number of aryl methyl sites for hydroxylation is 1. The van der Waals surface area contributed by atoms with Crippen molar-refractivity contribution in [1.29, 1.82) is 0 Å². The Kier molecular flexibility index (Phi) is 10.9. The van der Waals surface area contributed by atoms with Gasteiger partial charge >= 0.3 is 0 Å². The Morgan fingerprint density at radius 2 is 1.04 bits per heavy atom. The smallest absolute Gasteiger partial charge is 0.252 e. The summed E-state index contributed by atoms with van der Waals surface area (Å²) in [6, 6.07) is 69.6. The SMILES string of the molecule is Cc1cc2c3c(c1)N(c1ccc(C(C)(C)C)cc1-c1ccccc1)c1cc4c(cc1B3c1ccc(N3c5ccc(C(C)(C)C)cc5C5(C)CCCCC35C)cc1N2c1ccc2sc3ccccc3c2c1)C(C)(C)c1ccccc1C4(C)C. The molecule has 0 spiro atoms. The molecule has 0 bridgehead atoms. The number of hydrogen-bond donors (Lipinski definition) is 0. The van der Waals surface area contributed by atoms with Crippen molar-refractivity contribution in [3.63, 3.8) is 0 Å². The van der Waals surface area contributed by atoms with E-state index < -0.39 is 0 Å². The predicted molar refractivity (Wildman–Crippen MR) is 354 cm³/mol. The Morgan fingerprint density at radius 3 is 1.76 bits per heavy atom. The molecule has 0 N–H and O–H groups in total. The Bertz CT molecular complexity index is 4340. The van der Waals surface area contributed by atoms with Gasteiger partial charge in [-0.3, -0.25) is 0 Å². The highest BCUT2D eigenvalue weighted by atomic mass is 32.1. The van der Waals surface area contributed by atoms with Gasteiger partial charge in [0, 0.05) is 81.8 Å². The van der Waals surface area contributed by atoms with E-state index in [4.69, 9.17) is 0 Å². The molecule has 5 heteroatoms. The molecule has 408 valence electrons. The van der Waals surface area contributed by atoms with Crippen LogP contribution in [0.3, 0.4) is 0 Å². The topological polar surface area (TPSA) is 9.72 Å². The van der Waals surface area contributed by atoms with Crippen LogP contribution >= 0.6 is 11.3 Å². The number of nitrogens with zero attached hydrogens (tertiary/aromatic N) is 3. The van der Waals surface area contributed by atoms with Crippen LogP contribution in [0.2, 0.25) is 0 Å². The van der Waals surface area contributed by atoms with Crippen LogP contribution in [0.25, 0.3) is 31.3 Å². The van der Waals surface area contributed by atoms with E-state index >= 15 is 0 Å². The summed E-state index contributed by atoms with van der Waals surface area (Å²) in [5.41, 5.74) is 27.1. The monoisotopic (exact) mass is 1090 g/mol. The molecule has 82 heavy (non-hydrogen) atoms. The lowest BCUT2D eigenvalue weighted by Crippen LogP contribution is -2.62. The van der Waals surface area contributed by atoms with Gasteiger partial charge in [-0.25, -0.2) is 0 Å². The molecule has 1 fully saturated rings. The van der Waals surface area contributed by atoms with Gasteiger partial charge < -0.3 is 14.7 Å². The average Bonchev–Trinajstić information content (AvgIpc) is 2.50. The molecule has 1 saturated carbocycles. The molecule has 3 nitrogen and oxygen atoms in total. The first kappa shape index (κ1) is 51.5. The maximum absolute atomic E-state index is 2.81. The Morgan fingerprint density at radius 1 is 0.439 bits per heavy atom. The van der Waals surface area contributed by atoms with Gasteiger partial charge in [0.1, 0.15) is 0 Å². The van der Waals surface area contributed by atoms with Crippen molar-refractivity contribution >= 4 is 100 Å². The van der Waals surface area contributed by atoms with Crippen LogP contribution in [-0.4, -0.2) is 12.3 Å². The highest BCUT2D eigenvalue weighted by Crippen LogP contribution is 2.62. The Labute approximate surface area is 491 Å². The van der Waals surface area contributed by atoms with Crippen LogP contribution in [0, 0.1) is 6.92 Å². The minimum atomic E-state index is -0.247. The second kappa shape index (κ2) is 17.4. The summed E-state index contributed by atoms with van der Waals surface area (Å²) in [4.78, 5) is 8.18. The summed E-state index contributed by atoms with van der Waals surface area (Å²) >= 11 is 1.90. The van der Waals surface area contributed by atoms with Crippen molar-refractivity contribution in [1.82, 2.24) is 0 Å². The summed E-state index contributed by atoms with van der Waals surface area (Å²) < 4.78 is 2.64. The third-order valence-corrected chi connectivity index (χ3v) is 22.1. The van der Waals surface area contributed by atoms with Crippen molar-refractivity contribution in [3.05, 3.63) is 220 Å². The molecule has 10 aromatic rings. The zero-order valence-electron chi connectivity index (χ0n) is 50.4. The fourth-order valence-corrected chi connectivity index (χ4v) is 17.3. The van der Waals surface area contributed by atoms with E-state index in [9.17, 15) is 0 Å². The molecule has 4 heterocycles. The normalized spacial score (nSPS) is 20.0. The highest BCUT2D eigenvalue weighted by molar-refractivity contribution is 7.25. The molecular formula is C77H76BN3S. The number of fused-ring (bicyclic) bond motifs is 12. The van der Waals surface area contributed by atoms with Gasteiger partial charge in [-0.15, -0.1) is 11.3 Å². The first-order valence-corrected chi connectivity index (χ1v) is 31.1. The first-order valence-electron chi connectivity index (χ1n) is 30.3. The summed E-state index contributed by atoms with van der Waals surface area (Å²) in [7, 11) is 0. The van der Waals surface area contributed by atoms with E-state index in [1.54, 1.807) is 0 Å². The molecule has 2 unspecified atom stereocenters. The fourth-order valence-electron chi connectivity index (χ4n) is 16.2. The molecule has 0 saturated heterocycles. The van der Waals surface area contributed by atoms with Crippen molar-refractivity contribution in [2.24, 2.45) is 0 Å². The first-order chi connectivity index (χ1) is 39.1. The molecular weight excluding hydrogens is 1010 g/mol. The van der Waals surface area contributed by atoms with Gasteiger partial charge in [-0.1, -0.05) is 192 Å². The van der Waals surface area contributed by atoms with Crippen LogP contribution in [0.5, 0.6) is 0 Å². The lowest BCUT2D eigenvalue weighted by Gasteiger charge is -2.51. The number of benzene rings is 9. The summed E-state index contributed by atoms with van der Waals surface area (Å²) in [5, 5.41) is 2.62. The number of rotatable bonds is 4. The van der Waals surface area contributed by atoms with Crippen molar-refractivity contribution in [3.8, 4) is 11.1 Å². The summed E-state index contributed by atoms with van der Waals surface area (Å²) in [6.45, 7) is 31.5. The van der Waals surface area contributed by atoms with Gasteiger partial charge in [0.2, 0.25) is 0 Å². The van der Waals surface area contributed by atoms with Gasteiger partial charge in [0.25, 0.3) is 6.71 Å². The van der Waals surface area contributed by atoms with Crippen LogP contribution in [-0.2, 0) is 27.1 Å².